The summed E-state index contributed by atoms with van der Waals surface area (Å²) >= 11 is 0. The summed E-state index contributed by atoms with van der Waals surface area (Å²) in [6, 6.07) is 5.87. The molecule has 2 saturated heterocycles. The Labute approximate surface area is 167 Å². The van der Waals surface area contributed by atoms with Gasteiger partial charge in [0.2, 0.25) is 10.0 Å². The van der Waals surface area contributed by atoms with Gasteiger partial charge < -0.3 is 14.2 Å². The Morgan fingerprint density at radius 2 is 2.00 bits per heavy atom. The zero-order valence-corrected chi connectivity index (χ0v) is 17.3. The Bertz CT molecular complexity index is 737. The van der Waals surface area contributed by atoms with E-state index in [1.165, 1.54) is 0 Å². The molecule has 8 nitrogen and oxygen atoms in total. The monoisotopic (exact) mass is 413 g/mol. The number of primary sulfonamides is 1. The highest BCUT2D eigenvalue weighted by molar-refractivity contribution is 7.89. The molecule has 0 aromatic heterocycles. The number of morpholine rings is 1. The van der Waals surface area contributed by atoms with Gasteiger partial charge in [-0.15, -0.1) is 0 Å². The molecule has 28 heavy (non-hydrogen) atoms. The highest BCUT2D eigenvalue weighted by atomic mass is 32.2. The molecular weight excluding hydrogens is 382 g/mol. The Kier molecular flexibility index (Phi) is 7.53. The second kappa shape index (κ2) is 9.89. The van der Waals surface area contributed by atoms with Gasteiger partial charge in [0.25, 0.3) is 0 Å². The molecule has 2 N–H and O–H groups in total. The van der Waals surface area contributed by atoms with Gasteiger partial charge in [-0.1, -0.05) is 0 Å². The maximum absolute atomic E-state index is 11.3. The van der Waals surface area contributed by atoms with E-state index >= 15 is 0 Å². The van der Waals surface area contributed by atoms with E-state index in [0.717, 1.165) is 69.4 Å². The summed E-state index contributed by atoms with van der Waals surface area (Å²) in [6.45, 7) is 7.26. The highest BCUT2D eigenvalue weighted by Gasteiger charge is 2.26. The van der Waals surface area contributed by atoms with Crippen LogP contribution >= 0.6 is 0 Å². The van der Waals surface area contributed by atoms with Crippen molar-refractivity contribution in [2.75, 3.05) is 65.4 Å². The smallest absolute Gasteiger partial charge is 0.209 e. The fourth-order valence-corrected chi connectivity index (χ4v) is 4.78. The molecule has 2 aliphatic rings. The van der Waals surface area contributed by atoms with Crippen molar-refractivity contribution in [1.82, 2.24) is 9.80 Å². The van der Waals surface area contributed by atoms with E-state index in [9.17, 15) is 8.42 Å². The van der Waals surface area contributed by atoms with Crippen molar-refractivity contribution in [2.24, 2.45) is 11.1 Å². The summed E-state index contributed by atoms with van der Waals surface area (Å²) in [6.07, 6.45) is 0.842. The summed E-state index contributed by atoms with van der Waals surface area (Å²) < 4.78 is 39.5. The molecule has 3 rings (SSSR count). The molecule has 2 fully saturated rings. The van der Waals surface area contributed by atoms with Crippen LogP contribution in [0.1, 0.15) is 12.0 Å². The van der Waals surface area contributed by atoms with Crippen molar-refractivity contribution in [3.05, 3.63) is 23.8 Å². The molecule has 1 unspecified atom stereocenters. The van der Waals surface area contributed by atoms with Gasteiger partial charge >= 0.3 is 0 Å². The van der Waals surface area contributed by atoms with E-state index in [2.05, 4.69) is 9.80 Å². The van der Waals surface area contributed by atoms with E-state index in [4.69, 9.17) is 19.3 Å². The van der Waals surface area contributed by atoms with Gasteiger partial charge in [0.05, 0.1) is 26.1 Å². The minimum absolute atomic E-state index is 0.0470. The molecule has 2 aliphatic heterocycles. The minimum Gasteiger partial charge on any atom is -0.496 e. The van der Waals surface area contributed by atoms with Crippen LogP contribution in [0.2, 0.25) is 0 Å². The molecule has 0 aliphatic carbocycles. The summed E-state index contributed by atoms with van der Waals surface area (Å²) in [5, 5.41) is 5.19. The van der Waals surface area contributed by atoms with Gasteiger partial charge in [-0.2, -0.15) is 0 Å². The number of nitrogens with two attached hydrogens (primary N) is 1. The summed E-state index contributed by atoms with van der Waals surface area (Å²) in [5.41, 5.74) is 1.04. The van der Waals surface area contributed by atoms with E-state index in [1.54, 1.807) is 7.11 Å². The maximum Gasteiger partial charge on any atom is 0.209 e. The molecule has 0 saturated carbocycles. The quantitative estimate of drug-likeness (QED) is 0.631. The van der Waals surface area contributed by atoms with Crippen molar-refractivity contribution in [3.8, 4) is 11.5 Å². The van der Waals surface area contributed by atoms with Crippen LogP contribution in [0.4, 0.5) is 0 Å². The fraction of sp³-hybridized carbons (Fsp3) is 0.684. The average molecular weight is 414 g/mol. The predicted octanol–water partition coefficient (Wildman–Crippen LogP) is 0.517. The third-order valence-electron chi connectivity index (χ3n) is 5.26. The molecule has 0 radical (unpaired) electrons. The average Bonchev–Trinajstić information content (AvgIpc) is 3.08. The number of hydrogen-bond donors (Lipinski definition) is 1. The van der Waals surface area contributed by atoms with E-state index in [1.807, 2.05) is 18.2 Å². The van der Waals surface area contributed by atoms with Gasteiger partial charge in [0, 0.05) is 38.3 Å². The Morgan fingerprint density at radius 1 is 1.21 bits per heavy atom. The number of sulfonamides is 1. The van der Waals surface area contributed by atoms with Crippen molar-refractivity contribution in [3.63, 3.8) is 0 Å². The van der Waals surface area contributed by atoms with Crippen molar-refractivity contribution in [1.29, 1.82) is 0 Å². The third-order valence-corrected chi connectivity index (χ3v) is 6.20. The van der Waals surface area contributed by atoms with Crippen molar-refractivity contribution in [2.45, 2.75) is 13.0 Å². The lowest BCUT2D eigenvalue weighted by molar-refractivity contribution is 0.0322. The van der Waals surface area contributed by atoms with E-state index < -0.39 is 10.0 Å². The van der Waals surface area contributed by atoms with Crippen LogP contribution in [0.15, 0.2) is 18.2 Å². The fourth-order valence-electron chi connectivity index (χ4n) is 3.85. The number of nitrogens with zero attached hydrogens (tertiary/aromatic N) is 2. The first kappa shape index (κ1) is 21.3. The molecule has 1 aromatic rings. The normalized spacial score (nSPS) is 21.7. The maximum atomic E-state index is 11.3. The lowest BCUT2D eigenvalue weighted by Gasteiger charge is -2.26. The molecule has 0 spiro atoms. The van der Waals surface area contributed by atoms with E-state index in [0.29, 0.717) is 13.2 Å². The van der Waals surface area contributed by atoms with Crippen LogP contribution < -0.4 is 14.6 Å². The van der Waals surface area contributed by atoms with Gasteiger partial charge in [0.1, 0.15) is 18.1 Å². The zero-order chi connectivity index (χ0) is 20.0. The van der Waals surface area contributed by atoms with Crippen LogP contribution in [0.25, 0.3) is 0 Å². The summed E-state index contributed by atoms with van der Waals surface area (Å²) in [5.74, 6) is 1.78. The van der Waals surface area contributed by atoms with Crippen LogP contribution in [-0.2, 0) is 21.3 Å². The summed E-state index contributed by atoms with van der Waals surface area (Å²) in [4.78, 5) is 4.58. The van der Waals surface area contributed by atoms with E-state index in [-0.39, 0.29) is 11.7 Å². The number of methoxy groups -OCH3 is 1. The predicted molar refractivity (Wildman–Crippen MR) is 107 cm³/mol. The minimum atomic E-state index is -3.43. The molecule has 1 aromatic carbocycles. The first-order valence-corrected chi connectivity index (χ1v) is 11.5. The first-order chi connectivity index (χ1) is 13.4. The number of hydrogen-bond acceptors (Lipinski definition) is 7. The number of rotatable bonds is 9. The zero-order valence-electron chi connectivity index (χ0n) is 16.5. The first-order valence-electron chi connectivity index (χ1n) is 9.75. The lowest BCUT2D eigenvalue weighted by Crippen LogP contribution is -2.38. The Balaban J connectivity index is 1.54. The topological polar surface area (TPSA) is 94.3 Å². The Morgan fingerprint density at radius 3 is 2.71 bits per heavy atom. The molecule has 0 bridgehead atoms. The van der Waals surface area contributed by atoms with Crippen LogP contribution in [0.3, 0.4) is 0 Å². The number of ether oxygens (including phenoxy) is 3. The second-order valence-electron chi connectivity index (χ2n) is 7.50. The molecule has 9 heteroatoms. The highest BCUT2D eigenvalue weighted by Crippen LogP contribution is 2.28. The van der Waals surface area contributed by atoms with Gasteiger partial charge in [-0.05, 0) is 37.1 Å². The van der Waals surface area contributed by atoms with Gasteiger partial charge in [-0.25, -0.2) is 13.6 Å². The third kappa shape index (κ3) is 6.59. The number of likely N-dealkylation sites (tertiary alicyclic amines) is 1. The molecule has 1 atom stereocenters. The van der Waals surface area contributed by atoms with Crippen LogP contribution in [0, 0.1) is 5.92 Å². The van der Waals surface area contributed by atoms with Crippen molar-refractivity contribution < 1.29 is 22.6 Å². The van der Waals surface area contributed by atoms with Crippen molar-refractivity contribution >= 4 is 10.0 Å². The standard InChI is InChI=1S/C19H31N3O5S/c1-25-19-3-2-18(27-11-8-21-6-9-26-10-7-21)12-17(19)14-22-5-4-16(13-22)15-28(20,23)24/h2-3,12,16H,4-11,13-15H2,1H3,(H2,20,23,24). The number of benzene rings is 1. The van der Waals surface area contributed by atoms with Gasteiger partial charge in [-0.3, -0.25) is 9.80 Å². The lowest BCUT2D eigenvalue weighted by atomic mass is 10.1. The largest absolute Gasteiger partial charge is 0.496 e. The SMILES string of the molecule is COc1ccc(OCCN2CCOCC2)cc1CN1CCC(CS(N)(=O)=O)C1. The molecular formula is C19H31N3O5S. The second-order valence-corrected chi connectivity index (χ2v) is 9.15. The molecule has 2 heterocycles. The molecule has 0 amide bonds. The van der Waals surface area contributed by atoms with Crippen LogP contribution in [-0.4, -0.2) is 83.6 Å². The molecule has 158 valence electrons. The van der Waals surface area contributed by atoms with Crippen LogP contribution in [0.5, 0.6) is 11.5 Å². The van der Waals surface area contributed by atoms with Gasteiger partial charge in [0.15, 0.2) is 0 Å². The Hall–Kier alpha value is -1.39. The summed E-state index contributed by atoms with van der Waals surface area (Å²) in [7, 11) is -1.77.